The highest BCUT2D eigenvalue weighted by molar-refractivity contribution is 6.29. The summed E-state index contributed by atoms with van der Waals surface area (Å²) in [6.45, 7) is 0.721. The zero-order valence-electron chi connectivity index (χ0n) is 9.52. The lowest BCUT2D eigenvalue weighted by atomic mass is 10.2. The molecule has 2 aromatic rings. The molecule has 0 saturated heterocycles. The minimum atomic E-state index is 0.312. The molecule has 2 rings (SSSR count). The van der Waals surface area contributed by atoms with Crippen molar-refractivity contribution in [3.05, 3.63) is 35.0 Å². The number of halogens is 1. The average Bonchev–Trinajstić information content (AvgIpc) is 2.87. The van der Waals surface area contributed by atoms with Gasteiger partial charge in [0.25, 0.3) is 0 Å². The van der Waals surface area contributed by atoms with Gasteiger partial charge in [0.1, 0.15) is 23.1 Å². The molecule has 2 aromatic heterocycles. The van der Waals surface area contributed by atoms with E-state index in [4.69, 9.17) is 16.9 Å². The number of aromatic amines is 1. The summed E-state index contributed by atoms with van der Waals surface area (Å²) in [4.78, 5) is 8.11. The second kappa shape index (κ2) is 5.98. The van der Waals surface area contributed by atoms with Crippen LogP contribution in [-0.4, -0.2) is 26.7 Å². The standard InChI is InChI=1S/C11H11ClN6/c12-9-4-8(6-13)5-11(17-9)14-3-1-2-10-15-7-16-18-10/h4-5,7H,1-3H2,(H,14,17)(H,15,16,18). The first-order valence-electron chi connectivity index (χ1n) is 5.44. The van der Waals surface area contributed by atoms with Gasteiger partial charge in [-0.05, 0) is 18.6 Å². The summed E-state index contributed by atoms with van der Waals surface area (Å²) in [5.41, 5.74) is 0.493. The molecule has 2 N–H and O–H groups in total. The molecular formula is C11H11ClN6. The second-order valence-electron chi connectivity index (χ2n) is 3.64. The van der Waals surface area contributed by atoms with Crippen molar-refractivity contribution in [3.8, 4) is 6.07 Å². The monoisotopic (exact) mass is 262 g/mol. The summed E-state index contributed by atoms with van der Waals surface area (Å²) in [6.07, 6.45) is 3.17. The number of rotatable bonds is 5. The van der Waals surface area contributed by atoms with Gasteiger partial charge < -0.3 is 5.32 Å². The Labute approximate surface area is 109 Å². The summed E-state index contributed by atoms with van der Waals surface area (Å²) in [7, 11) is 0. The lowest BCUT2D eigenvalue weighted by Crippen LogP contribution is -2.05. The molecule has 0 aliphatic heterocycles. The normalized spacial score (nSPS) is 10.0. The number of aryl methyl sites for hydroxylation is 1. The van der Waals surface area contributed by atoms with Gasteiger partial charge in [-0.25, -0.2) is 9.97 Å². The summed E-state index contributed by atoms with van der Waals surface area (Å²) in [6, 6.07) is 5.23. The van der Waals surface area contributed by atoms with Gasteiger partial charge in [0, 0.05) is 13.0 Å². The summed E-state index contributed by atoms with van der Waals surface area (Å²) >= 11 is 5.80. The van der Waals surface area contributed by atoms with Crippen molar-refractivity contribution < 1.29 is 0 Å². The Hall–Kier alpha value is -2.13. The van der Waals surface area contributed by atoms with Crippen molar-refractivity contribution in [1.29, 1.82) is 5.26 Å². The molecule has 0 fully saturated rings. The minimum Gasteiger partial charge on any atom is -0.370 e. The zero-order chi connectivity index (χ0) is 12.8. The third kappa shape index (κ3) is 3.43. The van der Waals surface area contributed by atoms with E-state index in [0.717, 1.165) is 25.2 Å². The number of nitrogens with zero attached hydrogens (tertiary/aromatic N) is 4. The van der Waals surface area contributed by atoms with E-state index in [1.165, 1.54) is 12.4 Å². The molecule has 6 nitrogen and oxygen atoms in total. The predicted molar refractivity (Wildman–Crippen MR) is 67.2 cm³/mol. The molecule has 0 radical (unpaired) electrons. The van der Waals surface area contributed by atoms with Crippen molar-refractivity contribution >= 4 is 17.4 Å². The SMILES string of the molecule is N#Cc1cc(Cl)nc(NCCCc2ncn[nH]2)c1. The lowest BCUT2D eigenvalue weighted by Gasteiger charge is -2.05. The van der Waals surface area contributed by atoms with Gasteiger partial charge in [-0.15, -0.1) is 0 Å². The van der Waals surface area contributed by atoms with Crippen molar-refractivity contribution in [2.45, 2.75) is 12.8 Å². The lowest BCUT2D eigenvalue weighted by molar-refractivity contribution is 0.803. The molecular weight excluding hydrogens is 252 g/mol. The third-order valence-corrected chi connectivity index (χ3v) is 2.48. The van der Waals surface area contributed by atoms with Crippen LogP contribution in [0.15, 0.2) is 18.5 Å². The zero-order valence-corrected chi connectivity index (χ0v) is 10.3. The van der Waals surface area contributed by atoms with Crippen LogP contribution >= 0.6 is 11.6 Å². The number of anilines is 1. The van der Waals surface area contributed by atoms with E-state index in [9.17, 15) is 0 Å². The summed E-state index contributed by atoms with van der Waals surface area (Å²) in [5, 5.41) is 18.8. The Morgan fingerprint density at radius 3 is 3.06 bits per heavy atom. The number of aromatic nitrogens is 4. The summed E-state index contributed by atoms with van der Waals surface area (Å²) < 4.78 is 0. The van der Waals surface area contributed by atoms with Crippen LogP contribution in [0, 0.1) is 11.3 Å². The maximum Gasteiger partial charge on any atom is 0.137 e. The van der Waals surface area contributed by atoms with Crippen molar-refractivity contribution in [2.75, 3.05) is 11.9 Å². The number of pyridine rings is 1. The number of nitrogens with one attached hydrogen (secondary N) is 2. The minimum absolute atomic E-state index is 0.312. The van der Waals surface area contributed by atoms with Crippen LogP contribution in [0.25, 0.3) is 0 Å². The maximum absolute atomic E-state index is 8.80. The van der Waals surface area contributed by atoms with Gasteiger partial charge in [-0.1, -0.05) is 11.6 Å². The van der Waals surface area contributed by atoms with Gasteiger partial charge in [-0.3, -0.25) is 5.10 Å². The molecule has 0 bridgehead atoms. The Morgan fingerprint density at radius 1 is 1.44 bits per heavy atom. The van der Waals surface area contributed by atoms with Crippen molar-refractivity contribution in [1.82, 2.24) is 20.2 Å². The highest BCUT2D eigenvalue weighted by atomic mass is 35.5. The fraction of sp³-hybridized carbons (Fsp3) is 0.273. The van der Waals surface area contributed by atoms with Crippen molar-refractivity contribution in [2.24, 2.45) is 0 Å². The number of hydrogen-bond donors (Lipinski definition) is 2. The molecule has 92 valence electrons. The molecule has 0 aliphatic carbocycles. The number of nitriles is 1. The maximum atomic E-state index is 8.80. The van der Waals surface area contributed by atoms with Crippen LogP contribution in [0.1, 0.15) is 17.8 Å². The number of H-pyrrole nitrogens is 1. The smallest absolute Gasteiger partial charge is 0.137 e. The molecule has 0 amide bonds. The molecule has 18 heavy (non-hydrogen) atoms. The number of hydrogen-bond acceptors (Lipinski definition) is 5. The van der Waals surface area contributed by atoms with Crippen LogP contribution < -0.4 is 5.32 Å². The van der Waals surface area contributed by atoms with Crippen LogP contribution in [0.2, 0.25) is 5.15 Å². The molecule has 0 spiro atoms. The Morgan fingerprint density at radius 2 is 2.33 bits per heavy atom. The Balaban J connectivity index is 1.83. The van der Waals surface area contributed by atoms with Gasteiger partial charge in [0.2, 0.25) is 0 Å². The van der Waals surface area contributed by atoms with Crippen LogP contribution in [0.5, 0.6) is 0 Å². The first-order valence-corrected chi connectivity index (χ1v) is 5.81. The fourth-order valence-electron chi connectivity index (χ4n) is 1.48. The molecule has 0 saturated carbocycles. The molecule has 7 heteroatoms. The van der Waals surface area contributed by atoms with E-state index in [-0.39, 0.29) is 0 Å². The largest absolute Gasteiger partial charge is 0.370 e. The van der Waals surface area contributed by atoms with E-state index >= 15 is 0 Å². The fourth-order valence-corrected chi connectivity index (χ4v) is 1.68. The van der Waals surface area contributed by atoms with E-state index < -0.39 is 0 Å². The molecule has 0 atom stereocenters. The van der Waals surface area contributed by atoms with Crippen molar-refractivity contribution in [3.63, 3.8) is 0 Å². The van der Waals surface area contributed by atoms with Gasteiger partial charge in [0.15, 0.2) is 0 Å². The first-order chi connectivity index (χ1) is 8.78. The Bertz CT molecular complexity index is 545. The highest BCUT2D eigenvalue weighted by Gasteiger charge is 2.01. The van der Waals surface area contributed by atoms with Crippen LogP contribution in [0.4, 0.5) is 5.82 Å². The predicted octanol–water partition coefficient (Wildman–Crippen LogP) is 1.77. The van der Waals surface area contributed by atoms with Gasteiger partial charge in [0.05, 0.1) is 11.6 Å². The molecule has 0 aliphatic rings. The van der Waals surface area contributed by atoms with E-state index in [2.05, 4.69) is 25.5 Å². The third-order valence-electron chi connectivity index (χ3n) is 2.28. The van der Waals surface area contributed by atoms with Gasteiger partial charge >= 0.3 is 0 Å². The molecule has 2 heterocycles. The second-order valence-corrected chi connectivity index (χ2v) is 4.03. The average molecular weight is 263 g/mol. The van der Waals surface area contributed by atoms with E-state index in [1.807, 2.05) is 6.07 Å². The topological polar surface area (TPSA) is 90.3 Å². The highest BCUT2D eigenvalue weighted by Crippen LogP contribution is 2.13. The summed E-state index contributed by atoms with van der Waals surface area (Å²) in [5.74, 6) is 1.46. The first kappa shape index (κ1) is 12.3. The quantitative estimate of drug-likeness (QED) is 0.633. The molecule has 0 unspecified atom stereocenters. The Kier molecular flexibility index (Phi) is 4.10. The van der Waals surface area contributed by atoms with E-state index in [0.29, 0.717) is 16.5 Å². The van der Waals surface area contributed by atoms with Crippen LogP contribution in [-0.2, 0) is 6.42 Å². The van der Waals surface area contributed by atoms with E-state index in [1.54, 1.807) is 6.07 Å². The molecule has 0 aromatic carbocycles. The van der Waals surface area contributed by atoms with Gasteiger partial charge in [-0.2, -0.15) is 10.4 Å². The van der Waals surface area contributed by atoms with Crippen LogP contribution in [0.3, 0.4) is 0 Å².